The van der Waals surface area contributed by atoms with E-state index in [2.05, 4.69) is 0 Å². The van der Waals surface area contributed by atoms with Crippen molar-refractivity contribution in [3.63, 3.8) is 0 Å². The SMILES string of the molecule is CCCCCCC(OC(=O)c1ccccc1I)C(F)(F)F. The number of carbonyl (C=O) groups is 1. The predicted octanol–water partition coefficient (Wildman–Crippen LogP) is 5.35. The first kappa shape index (κ1) is 18.3. The number of benzene rings is 1. The van der Waals surface area contributed by atoms with E-state index in [1.165, 1.54) is 6.07 Å². The summed E-state index contributed by atoms with van der Waals surface area (Å²) in [5.41, 5.74) is 0.168. The third-order valence-corrected chi connectivity index (χ3v) is 3.97. The molecule has 1 rings (SSSR count). The van der Waals surface area contributed by atoms with Crippen LogP contribution in [0.25, 0.3) is 0 Å². The fraction of sp³-hybridized carbons (Fsp3) is 0.533. The van der Waals surface area contributed by atoms with Crippen molar-refractivity contribution in [3.8, 4) is 0 Å². The van der Waals surface area contributed by atoms with Crippen molar-refractivity contribution in [3.05, 3.63) is 33.4 Å². The summed E-state index contributed by atoms with van der Waals surface area (Å²) in [7, 11) is 0. The maximum Gasteiger partial charge on any atom is 0.425 e. The Morgan fingerprint density at radius 3 is 2.48 bits per heavy atom. The van der Waals surface area contributed by atoms with Crippen LogP contribution in [0.1, 0.15) is 49.4 Å². The van der Waals surface area contributed by atoms with Gasteiger partial charge in [0.25, 0.3) is 0 Å². The molecule has 0 spiro atoms. The lowest BCUT2D eigenvalue weighted by Crippen LogP contribution is -2.34. The number of unbranched alkanes of at least 4 members (excludes halogenated alkanes) is 3. The number of alkyl halides is 3. The molecule has 0 N–H and O–H groups in total. The highest BCUT2D eigenvalue weighted by atomic mass is 127. The standard InChI is InChI=1S/C15H18F3IO2/c1-2-3-4-5-10-13(15(16,17)18)21-14(20)11-8-6-7-9-12(11)19/h6-9,13H,2-5,10H2,1H3. The number of hydrogen-bond acceptors (Lipinski definition) is 2. The first-order chi connectivity index (χ1) is 9.86. The quantitative estimate of drug-likeness (QED) is 0.342. The van der Waals surface area contributed by atoms with Gasteiger partial charge in [-0.15, -0.1) is 0 Å². The Bertz CT molecular complexity index is 460. The maximum absolute atomic E-state index is 12.9. The summed E-state index contributed by atoms with van der Waals surface area (Å²) in [5, 5.41) is 0. The summed E-state index contributed by atoms with van der Waals surface area (Å²) in [6.07, 6.45) is -3.80. The molecule has 1 aromatic rings. The third kappa shape index (κ3) is 6.23. The van der Waals surface area contributed by atoms with Gasteiger partial charge in [0, 0.05) is 3.57 Å². The Labute approximate surface area is 136 Å². The number of hydrogen-bond donors (Lipinski definition) is 0. The molecule has 0 heterocycles. The van der Waals surface area contributed by atoms with E-state index >= 15 is 0 Å². The summed E-state index contributed by atoms with van der Waals surface area (Å²) < 4.78 is 44.0. The van der Waals surface area contributed by atoms with Crippen LogP contribution in [0.15, 0.2) is 24.3 Å². The minimum absolute atomic E-state index is 0.168. The molecule has 0 amide bonds. The molecular formula is C15H18F3IO2. The normalized spacial score (nSPS) is 13.0. The van der Waals surface area contributed by atoms with Gasteiger partial charge in [-0.3, -0.25) is 0 Å². The number of carbonyl (C=O) groups excluding carboxylic acids is 1. The van der Waals surface area contributed by atoms with Crippen LogP contribution in [0.4, 0.5) is 13.2 Å². The van der Waals surface area contributed by atoms with E-state index in [9.17, 15) is 18.0 Å². The van der Waals surface area contributed by atoms with Gasteiger partial charge in [0.1, 0.15) is 0 Å². The topological polar surface area (TPSA) is 26.3 Å². The van der Waals surface area contributed by atoms with Crippen molar-refractivity contribution in [2.45, 2.75) is 51.3 Å². The van der Waals surface area contributed by atoms with Gasteiger partial charge in [0.2, 0.25) is 0 Å². The Kier molecular flexibility index (Phi) is 7.48. The maximum atomic E-state index is 12.9. The van der Waals surface area contributed by atoms with Gasteiger partial charge in [-0.05, 0) is 47.6 Å². The van der Waals surface area contributed by atoms with Crippen molar-refractivity contribution in [1.82, 2.24) is 0 Å². The Morgan fingerprint density at radius 1 is 1.24 bits per heavy atom. The van der Waals surface area contributed by atoms with Crippen LogP contribution < -0.4 is 0 Å². The molecule has 1 atom stereocenters. The predicted molar refractivity (Wildman–Crippen MR) is 83.2 cm³/mol. The number of ether oxygens (including phenoxy) is 1. The fourth-order valence-corrected chi connectivity index (χ4v) is 2.47. The second-order valence-corrected chi connectivity index (χ2v) is 5.93. The van der Waals surface area contributed by atoms with Gasteiger partial charge in [-0.2, -0.15) is 13.2 Å². The molecule has 0 fully saturated rings. The van der Waals surface area contributed by atoms with Crippen LogP contribution in [-0.2, 0) is 4.74 Å². The molecule has 21 heavy (non-hydrogen) atoms. The van der Waals surface area contributed by atoms with Crippen LogP contribution in [0, 0.1) is 3.57 Å². The highest BCUT2D eigenvalue weighted by Gasteiger charge is 2.42. The van der Waals surface area contributed by atoms with E-state index in [-0.39, 0.29) is 12.0 Å². The summed E-state index contributed by atoms with van der Waals surface area (Å²) in [6, 6.07) is 6.43. The van der Waals surface area contributed by atoms with E-state index in [0.29, 0.717) is 16.4 Å². The molecule has 1 unspecified atom stereocenters. The van der Waals surface area contributed by atoms with Crippen molar-refractivity contribution < 1.29 is 22.7 Å². The van der Waals surface area contributed by atoms with Gasteiger partial charge in [-0.1, -0.05) is 38.3 Å². The van der Waals surface area contributed by atoms with E-state index in [1.54, 1.807) is 18.2 Å². The van der Waals surface area contributed by atoms with Crippen LogP contribution in [0.2, 0.25) is 0 Å². The van der Waals surface area contributed by atoms with Crippen molar-refractivity contribution >= 4 is 28.6 Å². The monoisotopic (exact) mass is 414 g/mol. The second kappa shape index (κ2) is 8.60. The van der Waals surface area contributed by atoms with Crippen molar-refractivity contribution in [1.29, 1.82) is 0 Å². The van der Waals surface area contributed by atoms with Gasteiger partial charge < -0.3 is 4.74 Å². The summed E-state index contributed by atoms with van der Waals surface area (Å²) in [4.78, 5) is 11.9. The fourth-order valence-electron chi connectivity index (χ4n) is 1.87. The molecule has 6 heteroatoms. The van der Waals surface area contributed by atoms with Gasteiger partial charge >= 0.3 is 12.1 Å². The van der Waals surface area contributed by atoms with Gasteiger partial charge in [-0.25, -0.2) is 4.79 Å². The van der Waals surface area contributed by atoms with Crippen LogP contribution in [0.3, 0.4) is 0 Å². The molecule has 1 aromatic carbocycles. The number of halogens is 4. The van der Waals surface area contributed by atoms with E-state index in [4.69, 9.17) is 4.74 Å². The lowest BCUT2D eigenvalue weighted by molar-refractivity contribution is -0.206. The average molecular weight is 414 g/mol. The van der Waals surface area contributed by atoms with E-state index < -0.39 is 18.2 Å². The molecule has 0 aliphatic heterocycles. The van der Waals surface area contributed by atoms with Crippen LogP contribution in [-0.4, -0.2) is 18.2 Å². The molecule has 0 aliphatic rings. The summed E-state index contributed by atoms with van der Waals surface area (Å²) in [5.74, 6) is -0.919. The molecule has 0 saturated heterocycles. The van der Waals surface area contributed by atoms with Crippen LogP contribution in [0.5, 0.6) is 0 Å². The molecule has 0 aliphatic carbocycles. The van der Waals surface area contributed by atoms with Gasteiger partial charge in [0.05, 0.1) is 5.56 Å². The molecule has 2 nitrogen and oxygen atoms in total. The van der Waals surface area contributed by atoms with E-state index in [1.807, 2.05) is 29.5 Å². The summed E-state index contributed by atoms with van der Waals surface area (Å²) in [6.45, 7) is 1.98. The number of esters is 1. The Hall–Kier alpha value is -0.790. The van der Waals surface area contributed by atoms with E-state index in [0.717, 1.165) is 12.8 Å². The lowest BCUT2D eigenvalue weighted by atomic mass is 10.1. The third-order valence-electron chi connectivity index (χ3n) is 3.03. The smallest absolute Gasteiger partial charge is 0.425 e. The van der Waals surface area contributed by atoms with Crippen LogP contribution >= 0.6 is 22.6 Å². The molecule has 118 valence electrons. The molecular weight excluding hydrogens is 396 g/mol. The molecule has 0 bridgehead atoms. The van der Waals surface area contributed by atoms with Gasteiger partial charge in [0.15, 0.2) is 6.10 Å². The highest BCUT2D eigenvalue weighted by molar-refractivity contribution is 14.1. The zero-order chi connectivity index (χ0) is 15.9. The number of rotatable bonds is 7. The largest absolute Gasteiger partial charge is 0.449 e. The first-order valence-corrected chi connectivity index (χ1v) is 7.96. The van der Waals surface area contributed by atoms with Crippen molar-refractivity contribution in [2.24, 2.45) is 0 Å². The van der Waals surface area contributed by atoms with Crippen molar-refractivity contribution in [2.75, 3.05) is 0 Å². The molecule has 0 aromatic heterocycles. The zero-order valence-electron chi connectivity index (χ0n) is 11.8. The lowest BCUT2D eigenvalue weighted by Gasteiger charge is -2.21. The Morgan fingerprint density at radius 2 is 1.90 bits per heavy atom. The summed E-state index contributed by atoms with van der Waals surface area (Å²) >= 11 is 1.90. The zero-order valence-corrected chi connectivity index (χ0v) is 13.9. The molecule has 0 saturated carbocycles. The minimum Gasteiger partial charge on any atom is -0.449 e. The molecule has 0 radical (unpaired) electrons. The average Bonchev–Trinajstić information content (AvgIpc) is 2.41. The highest BCUT2D eigenvalue weighted by Crippen LogP contribution is 2.28. The minimum atomic E-state index is -4.53. The second-order valence-electron chi connectivity index (χ2n) is 4.76. The Balaban J connectivity index is 2.68. The first-order valence-electron chi connectivity index (χ1n) is 6.88.